The first-order valence-corrected chi connectivity index (χ1v) is 11.9. The molecule has 2 N–H and O–H groups in total. The number of aliphatic hydroxyl groups is 1. The van der Waals surface area contributed by atoms with Crippen LogP contribution in [0.5, 0.6) is 17.2 Å². The van der Waals surface area contributed by atoms with Crippen LogP contribution >= 0.6 is 22.9 Å². The number of nitrogens with zero attached hydrogens (tertiary/aromatic N) is 2. The number of amides is 1. The van der Waals surface area contributed by atoms with Gasteiger partial charge in [0.25, 0.3) is 5.78 Å². The topological polar surface area (TPSA) is 109 Å². The summed E-state index contributed by atoms with van der Waals surface area (Å²) in [6, 6.07) is 15.1. The summed E-state index contributed by atoms with van der Waals surface area (Å²) in [7, 11) is 2.88. The van der Waals surface area contributed by atoms with E-state index in [0.29, 0.717) is 27.4 Å². The third-order valence-corrected chi connectivity index (χ3v) is 7.10. The third-order valence-electron chi connectivity index (χ3n) is 5.85. The van der Waals surface area contributed by atoms with Crippen LogP contribution in [0, 0.1) is 0 Å². The highest BCUT2D eigenvalue weighted by atomic mass is 35.5. The molecule has 2 heterocycles. The van der Waals surface area contributed by atoms with Gasteiger partial charge in [-0.2, -0.15) is 0 Å². The van der Waals surface area contributed by atoms with Crippen molar-refractivity contribution in [3.63, 3.8) is 0 Å². The lowest BCUT2D eigenvalue weighted by Crippen LogP contribution is -2.29. The number of ether oxygens (including phenoxy) is 2. The number of ketones is 1. The summed E-state index contributed by atoms with van der Waals surface area (Å²) >= 11 is 7.32. The van der Waals surface area contributed by atoms with Crippen LogP contribution < -0.4 is 14.4 Å². The number of hydrogen-bond donors (Lipinski definition) is 2. The van der Waals surface area contributed by atoms with Crippen LogP contribution in [0.25, 0.3) is 16.0 Å². The molecule has 0 spiro atoms. The fourth-order valence-corrected chi connectivity index (χ4v) is 5.39. The van der Waals surface area contributed by atoms with Gasteiger partial charge in [-0.15, -0.1) is 0 Å². The van der Waals surface area contributed by atoms with Crippen molar-refractivity contribution in [2.45, 2.75) is 6.04 Å². The van der Waals surface area contributed by atoms with E-state index in [-0.39, 0.29) is 28.0 Å². The fourth-order valence-electron chi connectivity index (χ4n) is 4.12. The monoisotopic (exact) mass is 522 g/mol. The Labute approximate surface area is 214 Å². The molecule has 1 aliphatic heterocycles. The number of thiazole rings is 1. The second-order valence-electron chi connectivity index (χ2n) is 7.94. The molecule has 0 radical (unpaired) electrons. The Morgan fingerprint density at radius 3 is 2.61 bits per heavy atom. The molecule has 1 aromatic heterocycles. The molecule has 0 saturated carbocycles. The van der Waals surface area contributed by atoms with Gasteiger partial charge in [-0.05, 0) is 48.0 Å². The molecule has 1 atom stereocenters. The molecule has 1 fully saturated rings. The quantitative estimate of drug-likeness (QED) is 0.208. The average molecular weight is 523 g/mol. The molecular formula is C26H19ClN2O6S. The molecule has 3 aromatic carbocycles. The number of aromatic hydroxyl groups is 1. The Kier molecular flexibility index (Phi) is 6.03. The highest BCUT2D eigenvalue weighted by Gasteiger charge is 2.48. The summed E-state index contributed by atoms with van der Waals surface area (Å²) in [6.45, 7) is 0. The summed E-state index contributed by atoms with van der Waals surface area (Å²) < 4.78 is 11.2. The molecule has 36 heavy (non-hydrogen) atoms. The first-order chi connectivity index (χ1) is 17.3. The summed E-state index contributed by atoms with van der Waals surface area (Å²) in [4.78, 5) is 32.6. The van der Waals surface area contributed by atoms with E-state index in [1.807, 2.05) is 0 Å². The summed E-state index contributed by atoms with van der Waals surface area (Å²) in [5.74, 6) is -1.57. The van der Waals surface area contributed by atoms with Gasteiger partial charge in [0, 0.05) is 10.6 Å². The van der Waals surface area contributed by atoms with Crippen molar-refractivity contribution in [3.8, 4) is 17.2 Å². The van der Waals surface area contributed by atoms with Gasteiger partial charge in [-0.25, -0.2) is 4.98 Å². The van der Waals surface area contributed by atoms with Crippen molar-refractivity contribution in [3.05, 3.63) is 82.4 Å². The molecule has 0 aliphatic carbocycles. The van der Waals surface area contributed by atoms with Gasteiger partial charge in [0.1, 0.15) is 11.5 Å². The van der Waals surface area contributed by atoms with E-state index in [0.717, 1.165) is 4.70 Å². The van der Waals surface area contributed by atoms with E-state index in [2.05, 4.69) is 4.98 Å². The minimum Gasteiger partial charge on any atom is -0.507 e. The maximum Gasteiger partial charge on any atom is 0.301 e. The van der Waals surface area contributed by atoms with Crippen molar-refractivity contribution >= 4 is 55.7 Å². The number of aromatic nitrogens is 1. The normalized spacial score (nSPS) is 17.1. The first kappa shape index (κ1) is 23.7. The van der Waals surface area contributed by atoms with Crippen LogP contribution in [0.4, 0.5) is 5.13 Å². The Morgan fingerprint density at radius 2 is 1.86 bits per heavy atom. The van der Waals surface area contributed by atoms with E-state index in [4.69, 9.17) is 21.1 Å². The van der Waals surface area contributed by atoms with Gasteiger partial charge in [0.05, 0.1) is 36.1 Å². The van der Waals surface area contributed by atoms with Crippen molar-refractivity contribution in [1.82, 2.24) is 4.98 Å². The second-order valence-corrected chi connectivity index (χ2v) is 9.39. The Bertz CT molecular complexity index is 1560. The van der Waals surface area contributed by atoms with Crippen LogP contribution in [0.3, 0.4) is 0 Å². The van der Waals surface area contributed by atoms with Crippen LogP contribution in [0.15, 0.2) is 66.2 Å². The van der Waals surface area contributed by atoms with Crippen molar-refractivity contribution < 1.29 is 29.3 Å². The minimum absolute atomic E-state index is 0.111. The highest BCUT2D eigenvalue weighted by molar-refractivity contribution is 7.22. The van der Waals surface area contributed by atoms with Crippen LogP contribution in [-0.4, -0.2) is 41.1 Å². The lowest BCUT2D eigenvalue weighted by molar-refractivity contribution is -0.132. The zero-order valence-corrected chi connectivity index (χ0v) is 20.6. The van der Waals surface area contributed by atoms with Crippen molar-refractivity contribution in [1.29, 1.82) is 0 Å². The predicted octanol–water partition coefficient (Wildman–Crippen LogP) is 5.30. The average Bonchev–Trinajstić information content (AvgIpc) is 3.41. The molecule has 1 aliphatic rings. The van der Waals surface area contributed by atoms with Gasteiger partial charge >= 0.3 is 5.91 Å². The Balaban J connectivity index is 1.75. The lowest BCUT2D eigenvalue weighted by atomic mass is 9.95. The minimum atomic E-state index is -1.04. The highest BCUT2D eigenvalue weighted by Crippen LogP contribution is 2.46. The van der Waals surface area contributed by atoms with Gasteiger partial charge in [-0.1, -0.05) is 41.1 Å². The summed E-state index contributed by atoms with van der Waals surface area (Å²) in [5, 5.41) is 22.2. The maximum atomic E-state index is 13.4. The van der Waals surface area contributed by atoms with Gasteiger partial charge < -0.3 is 19.7 Å². The summed E-state index contributed by atoms with van der Waals surface area (Å²) in [5.41, 5.74) is 1.22. The number of carbonyl (C=O) groups is 2. The molecule has 1 amide bonds. The number of phenolic OH excluding ortho intramolecular Hbond substituents is 1. The van der Waals surface area contributed by atoms with Crippen molar-refractivity contribution in [2.24, 2.45) is 0 Å². The van der Waals surface area contributed by atoms with Gasteiger partial charge in [0.2, 0.25) is 0 Å². The maximum absolute atomic E-state index is 13.4. The van der Waals surface area contributed by atoms with Crippen LogP contribution in [-0.2, 0) is 9.59 Å². The first-order valence-electron chi connectivity index (χ1n) is 10.7. The SMILES string of the molecule is COc1cccc(/C(O)=C2\C(=O)C(=O)N(c3nc4ccc(Cl)cc4s3)C2c2ccc(O)c(OC)c2)c1. The number of benzene rings is 3. The number of carbonyl (C=O) groups excluding carboxylic acids is 2. The molecule has 8 nitrogen and oxygen atoms in total. The van der Waals surface area contributed by atoms with E-state index in [1.165, 1.54) is 42.6 Å². The van der Waals surface area contributed by atoms with E-state index >= 15 is 0 Å². The number of rotatable bonds is 5. The Morgan fingerprint density at radius 1 is 1.06 bits per heavy atom. The number of Topliss-reactive ketones (excluding diaryl/α,β-unsaturated/α-hetero) is 1. The number of hydrogen-bond acceptors (Lipinski definition) is 8. The molecule has 4 aromatic rings. The number of aliphatic hydroxyl groups excluding tert-OH is 1. The molecule has 1 saturated heterocycles. The smallest absolute Gasteiger partial charge is 0.301 e. The zero-order valence-electron chi connectivity index (χ0n) is 19.1. The van der Waals surface area contributed by atoms with E-state index < -0.39 is 17.7 Å². The lowest BCUT2D eigenvalue weighted by Gasteiger charge is -2.23. The molecule has 10 heteroatoms. The number of anilines is 1. The Hall–Kier alpha value is -4.08. The third kappa shape index (κ3) is 3.92. The molecular weight excluding hydrogens is 504 g/mol. The number of phenols is 1. The molecule has 1 unspecified atom stereocenters. The molecule has 5 rings (SSSR count). The zero-order chi connectivity index (χ0) is 25.6. The molecule has 182 valence electrons. The molecule has 0 bridgehead atoms. The summed E-state index contributed by atoms with van der Waals surface area (Å²) in [6.07, 6.45) is 0. The van der Waals surface area contributed by atoms with Crippen LogP contribution in [0.2, 0.25) is 5.02 Å². The predicted molar refractivity (Wildman–Crippen MR) is 137 cm³/mol. The standard InChI is InChI=1S/C26H19ClN2O6S/c1-34-16-5-3-4-14(10-16)23(31)21-22(13-6-9-18(30)19(11-13)35-2)29(25(33)24(21)32)26-28-17-8-7-15(27)12-20(17)36-26/h3-12,22,30-31H,1-2H3/b23-21+. The second kappa shape index (κ2) is 9.18. The number of fused-ring (bicyclic) bond motifs is 1. The van der Waals surface area contributed by atoms with E-state index in [9.17, 15) is 19.8 Å². The largest absolute Gasteiger partial charge is 0.507 e. The van der Waals surface area contributed by atoms with Gasteiger partial charge in [0.15, 0.2) is 16.6 Å². The van der Waals surface area contributed by atoms with Crippen LogP contribution in [0.1, 0.15) is 17.2 Å². The van der Waals surface area contributed by atoms with E-state index in [1.54, 1.807) is 48.5 Å². The number of methoxy groups -OCH3 is 2. The number of halogens is 1. The van der Waals surface area contributed by atoms with Crippen molar-refractivity contribution in [2.75, 3.05) is 19.1 Å². The fraction of sp³-hybridized carbons (Fsp3) is 0.115. The van der Waals surface area contributed by atoms with Gasteiger partial charge in [-0.3, -0.25) is 14.5 Å².